The van der Waals surface area contributed by atoms with Crippen LogP contribution in [0.2, 0.25) is 0 Å². The predicted octanol–water partition coefficient (Wildman–Crippen LogP) is 3.72. The molecule has 1 aliphatic carbocycles. The maximum absolute atomic E-state index is 13.7. The molecule has 3 atom stereocenters. The summed E-state index contributed by atoms with van der Waals surface area (Å²) in [5, 5.41) is 9.88. The van der Waals surface area contributed by atoms with Gasteiger partial charge in [0.1, 0.15) is 22.5 Å². The molecule has 1 N–H and O–H groups in total. The minimum atomic E-state index is -4.01. The second-order valence-corrected chi connectivity index (χ2v) is 14.9. The summed E-state index contributed by atoms with van der Waals surface area (Å²) in [4.78, 5) is 0.0802. The van der Waals surface area contributed by atoms with E-state index in [1.165, 1.54) is 47.4 Å². The van der Waals surface area contributed by atoms with E-state index >= 15 is 0 Å². The molecule has 0 spiro atoms. The summed E-state index contributed by atoms with van der Waals surface area (Å²) in [6.07, 6.45) is 4.99. The Hall–Kier alpha value is -2.62. The Morgan fingerprint density at radius 3 is 2.46 bits per heavy atom. The lowest BCUT2D eigenvalue weighted by molar-refractivity contribution is 0.0904. The highest BCUT2D eigenvalue weighted by atomic mass is 32.2. The van der Waals surface area contributed by atoms with Crippen LogP contribution in [0.4, 0.5) is 0 Å². The SMILES string of the molecule is COc1ccc(S(=O)(=O)N(C)C[C@@H]2Oc3cc(C#CC4CCCCC4)ccc3S(=O)(=O)N([C@@H](C)CO)C[C@@H]2C)cc1. The van der Waals surface area contributed by atoms with Gasteiger partial charge in [0.2, 0.25) is 20.0 Å². The zero-order valence-electron chi connectivity index (χ0n) is 24.1. The van der Waals surface area contributed by atoms with E-state index in [9.17, 15) is 21.9 Å². The molecule has 9 nitrogen and oxygen atoms in total. The van der Waals surface area contributed by atoms with Crippen LogP contribution in [-0.4, -0.2) is 76.6 Å². The van der Waals surface area contributed by atoms with Crippen LogP contribution < -0.4 is 9.47 Å². The van der Waals surface area contributed by atoms with Crippen LogP contribution >= 0.6 is 0 Å². The number of aliphatic hydroxyl groups is 1. The van der Waals surface area contributed by atoms with Gasteiger partial charge in [-0.05, 0) is 62.2 Å². The van der Waals surface area contributed by atoms with Crippen LogP contribution in [0.25, 0.3) is 0 Å². The number of hydrogen-bond acceptors (Lipinski definition) is 7. The molecule has 0 saturated heterocycles. The zero-order valence-corrected chi connectivity index (χ0v) is 25.7. The maximum atomic E-state index is 13.7. The first-order valence-corrected chi connectivity index (χ1v) is 16.9. The van der Waals surface area contributed by atoms with E-state index in [1.807, 2.05) is 6.92 Å². The topological polar surface area (TPSA) is 113 Å². The Labute approximate surface area is 244 Å². The highest BCUT2D eigenvalue weighted by Crippen LogP contribution is 2.35. The fourth-order valence-electron chi connectivity index (χ4n) is 5.23. The van der Waals surface area contributed by atoms with E-state index in [0.717, 1.165) is 25.7 Å². The Bertz CT molecular complexity index is 1470. The number of aliphatic hydroxyl groups excluding tert-OH is 1. The van der Waals surface area contributed by atoms with Crippen molar-refractivity contribution in [2.75, 3.05) is 33.9 Å². The Kier molecular flexibility index (Phi) is 10.0. The van der Waals surface area contributed by atoms with Gasteiger partial charge < -0.3 is 14.6 Å². The van der Waals surface area contributed by atoms with E-state index < -0.39 is 38.1 Å². The number of sulfonamides is 2. The van der Waals surface area contributed by atoms with Crippen molar-refractivity contribution in [3.05, 3.63) is 48.0 Å². The van der Waals surface area contributed by atoms with E-state index in [4.69, 9.17) is 9.47 Å². The summed E-state index contributed by atoms with van der Waals surface area (Å²) in [5.74, 6) is 7.12. The average Bonchev–Trinajstić information content (AvgIpc) is 2.97. The fourth-order valence-corrected chi connectivity index (χ4v) is 8.24. The number of rotatable bonds is 7. The zero-order chi connectivity index (χ0) is 29.8. The van der Waals surface area contributed by atoms with Crippen molar-refractivity contribution in [3.8, 4) is 23.3 Å². The summed E-state index contributed by atoms with van der Waals surface area (Å²) in [5.41, 5.74) is 0.637. The van der Waals surface area contributed by atoms with Gasteiger partial charge in [0, 0.05) is 37.0 Å². The molecular weight excluding hydrogens is 564 g/mol. The van der Waals surface area contributed by atoms with Crippen LogP contribution in [0, 0.1) is 23.7 Å². The largest absolute Gasteiger partial charge is 0.497 e. The third-order valence-corrected chi connectivity index (χ3v) is 11.8. The minimum absolute atomic E-state index is 0.0195. The van der Waals surface area contributed by atoms with Gasteiger partial charge in [0.15, 0.2) is 0 Å². The van der Waals surface area contributed by atoms with Crippen molar-refractivity contribution in [2.24, 2.45) is 11.8 Å². The summed E-state index contributed by atoms with van der Waals surface area (Å²) >= 11 is 0. The van der Waals surface area contributed by atoms with Crippen LogP contribution in [0.1, 0.15) is 51.5 Å². The fraction of sp³-hybridized carbons (Fsp3) is 0.533. The second-order valence-electron chi connectivity index (χ2n) is 11.0. The molecule has 1 fully saturated rings. The van der Waals surface area contributed by atoms with Gasteiger partial charge >= 0.3 is 0 Å². The van der Waals surface area contributed by atoms with E-state index in [0.29, 0.717) is 17.2 Å². The summed E-state index contributed by atoms with van der Waals surface area (Å²) in [7, 11) is -4.89. The van der Waals surface area contributed by atoms with Crippen LogP contribution in [0.5, 0.6) is 11.5 Å². The normalized spacial score (nSPS) is 22.4. The van der Waals surface area contributed by atoms with Gasteiger partial charge in [0.05, 0.1) is 25.2 Å². The molecule has 0 bridgehead atoms. The molecule has 0 aromatic heterocycles. The van der Waals surface area contributed by atoms with Gasteiger partial charge in [-0.3, -0.25) is 0 Å². The minimum Gasteiger partial charge on any atom is -0.497 e. The highest BCUT2D eigenvalue weighted by molar-refractivity contribution is 7.89. The molecule has 1 aliphatic heterocycles. The van der Waals surface area contributed by atoms with E-state index in [-0.39, 0.29) is 35.2 Å². The first-order valence-electron chi connectivity index (χ1n) is 14.0. The second kappa shape index (κ2) is 13.1. The smallest absolute Gasteiger partial charge is 0.247 e. The molecule has 224 valence electrons. The van der Waals surface area contributed by atoms with Crippen molar-refractivity contribution in [1.29, 1.82) is 0 Å². The lowest BCUT2D eigenvalue weighted by Crippen LogP contribution is -2.50. The number of fused-ring (bicyclic) bond motifs is 1. The number of likely N-dealkylation sites (N-methyl/N-ethyl adjacent to an activating group) is 1. The van der Waals surface area contributed by atoms with E-state index in [1.54, 1.807) is 31.2 Å². The molecule has 1 saturated carbocycles. The third-order valence-electron chi connectivity index (χ3n) is 7.90. The van der Waals surface area contributed by atoms with Crippen molar-refractivity contribution >= 4 is 20.0 Å². The van der Waals surface area contributed by atoms with Crippen LogP contribution in [0.15, 0.2) is 52.3 Å². The Balaban J connectivity index is 1.69. The molecule has 0 unspecified atom stereocenters. The third kappa shape index (κ3) is 7.07. The van der Waals surface area contributed by atoms with Crippen LogP contribution in [-0.2, 0) is 20.0 Å². The molecule has 0 radical (unpaired) electrons. The lowest BCUT2D eigenvalue weighted by Gasteiger charge is -2.37. The number of methoxy groups -OCH3 is 1. The van der Waals surface area contributed by atoms with Gasteiger partial charge in [-0.15, -0.1) is 0 Å². The summed E-state index contributed by atoms with van der Waals surface area (Å²) in [6, 6.07) is 10.3. The molecule has 11 heteroatoms. The molecule has 4 rings (SSSR count). The molecule has 2 aromatic carbocycles. The maximum Gasteiger partial charge on any atom is 0.247 e. The molecular formula is C30H40N2O7S2. The summed E-state index contributed by atoms with van der Waals surface area (Å²) < 4.78 is 68.3. The van der Waals surface area contributed by atoms with Gasteiger partial charge in [-0.2, -0.15) is 8.61 Å². The standard InChI is InChI=1S/C30H40N2O7S2/c1-22-19-32(23(2)21-33)41(36,37)30-17-12-25(11-10-24-8-6-5-7-9-24)18-28(30)39-29(22)20-31(3)40(34,35)27-15-13-26(38-4)14-16-27/h12-18,22-24,29,33H,5-9,19-21H2,1-4H3/t22-,23-,29-/m0/s1. The molecule has 2 aliphatic rings. The van der Waals surface area contributed by atoms with Crippen molar-refractivity contribution in [1.82, 2.24) is 8.61 Å². The average molecular weight is 605 g/mol. The number of ether oxygens (including phenoxy) is 2. The van der Waals surface area contributed by atoms with Crippen LogP contribution in [0.3, 0.4) is 0 Å². The van der Waals surface area contributed by atoms with Gasteiger partial charge in [-0.1, -0.05) is 38.0 Å². The van der Waals surface area contributed by atoms with Gasteiger partial charge in [0.25, 0.3) is 0 Å². The molecule has 0 amide bonds. The lowest BCUT2D eigenvalue weighted by atomic mass is 9.90. The monoisotopic (exact) mass is 604 g/mol. The van der Waals surface area contributed by atoms with Crippen molar-refractivity contribution in [3.63, 3.8) is 0 Å². The number of nitrogens with zero attached hydrogens (tertiary/aromatic N) is 2. The highest BCUT2D eigenvalue weighted by Gasteiger charge is 2.39. The number of hydrogen-bond donors (Lipinski definition) is 1. The summed E-state index contributed by atoms with van der Waals surface area (Å²) in [6.45, 7) is 3.14. The number of benzene rings is 2. The molecule has 41 heavy (non-hydrogen) atoms. The van der Waals surface area contributed by atoms with Crippen molar-refractivity contribution in [2.45, 2.75) is 67.9 Å². The first kappa shape index (κ1) is 31.3. The molecule has 1 heterocycles. The molecule has 2 aromatic rings. The van der Waals surface area contributed by atoms with Crippen molar-refractivity contribution < 1.29 is 31.4 Å². The van der Waals surface area contributed by atoms with Gasteiger partial charge in [-0.25, -0.2) is 16.8 Å². The van der Waals surface area contributed by atoms with E-state index in [2.05, 4.69) is 11.8 Å². The Morgan fingerprint density at radius 1 is 1.15 bits per heavy atom. The first-order chi connectivity index (χ1) is 19.5. The Morgan fingerprint density at radius 2 is 1.83 bits per heavy atom. The quantitative estimate of drug-likeness (QED) is 0.480. The predicted molar refractivity (Wildman–Crippen MR) is 157 cm³/mol.